The minimum Gasteiger partial charge on any atom is -0.462 e. The molecule has 0 spiro atoms. The lowest BCUT2D eigenvalue weighted by Gasteiger charge is -2.25. The second-order valence-electron chi connectivity index (χ2n) is 5.58. The highest BCUT2D eigenvalue weighted by Crippen LogP contribution is 2.26. The number of allylic oxidation sites excluding steroid dienone is 1. The fourth-order valence-corrected chi connectivity index (χ4v) is 2.70. The third-order valence-electron chi connectivity index (χ3n) is 3.89. The van der Waals surface area contributed by atoms with Crippen LogP contribution in [-0.2, 0) is 4.74 Å². The molecule has 1 aromatic carbocycles. The van der Waals surface area contributed by atoms with E-state index >= 15 is 0 Å². The molecule has 0 fully saturated rings. The summed E-state index contributed by atoms with van der Waals surface area (Å²) in [5, 5.41) is 3.28. The fourth-order valence-electron chi connectivity index (χ4n) is 2.70. The number of benzene rings is 1. The Bertz CT molecular complexity index is 840. The van der Waals surface area contributed by atoms with Crippen LogP contribution in [0.15, 0.2) is 47.4 Å². The molecule has 0 amide bonds. The zero-order chi connectivity index (χ0) is 17.1. The van der Waals surface area contributed by atoms with Crippen LogP contribution in [0.3, 0.4) is 0 Å². The van der Waals surface area contributed by atoms with Crippen LogP contribution in [0, 0.1) is 0 Å². The van der Waals surface area contributed by atoms with Crippen molar-refractivity contribution < 1.29 is 9.53 Å². The average molecular weight is 325 g/mol. The maximum absolute atomic E-state index is 12.7. The number of fused-ring (bicyclic) bond motifs is 1. The summed E-state index contributed by atoms with van der Waals surface area (Å²) >= 11 is 0. The molecule has 1 atom stereocenters. The number of hydrogen-bond donors (Lipinski definition) is 1. The van der Waals surface area contributed by atoms with Crippen molar-refractivity contribution in [1.29, 1.82) is 0 Å². The van der Waals surface area contributed by atoms with E-state index in [4.69, 9.17) is 4.74 Å². The highest BCUT2D eigenvalue weighted by Gasteiger charge is 2.24. The lowest BCUT2D eigenvalue weighted by molar-refractivity contribution is 0.0522. The first-order valence-corrected chi connectivity index (χ1v) is 7.93. The molecule has 1 unspecified atom stereocenters. The Balaban J connectivity index is 2.01. The van der Waals surface area contributed by atoms with Crippen LogP contribution >= 0.6 is 0 Å². The summed E-state index contributed by atoms with van der Waals surface area (Å²) in [5.41, 5.74) is 1.26. The molecule has 6 heteroatoms. The number of rotatable bonds is 4. The standard InChI is InChI=1S/C18H19N3O3/c1-3-24-18(23)14-11-19-16-15(20-13-7-5-4-6-8-13)10-9-12(2)21(16)17(14)22/h4-8,10-12,20H,3,9H2,1-2H3. The van der Waals surface area contributed by atoms with E-state index in [1.807, 2.05) is 43.3 Å². The maximum atomic E-state index is 12.7. The Kier molecular flexibility index (Phi) is 4.46. The Morgan fingerprint density at radius 2 is 2.12 bits per heavy atom. The van der Waals surface area contributed by atoms with Crippen LogP contribution < -0.4 is 10.9 Å². The number of aromatic nitrogens is 2. The van der Waals surface area contributed by atoms with Gasteiger partial charge in [0.1, 0.15) is 5.56 Å². The van der Waals surface area contributed by atoms with Crippen molar-refractivity contribution >= 4 is 17.4 Å². The first-order valence-electron chi connectivity index (χ1n) is 7.93. The summed E-state index contributed by atoms with van der Waals surface area (Å²) in [6.45, 7) is 3.85. The molecule has 2 heterocycles. The van der Waals surface area contributed by atoms with Gasteiger partial charge in [0.2, 0.25) is 0 Å². The Labute approximate surface area is 139 Å². The third-order valence-corrected chi connectivity index (χ3v) is 3.89. The lowest BCUT2D eigenvalue weighted by atomic mass is 10.1. The minimum absolute atomic E-state index is 0.0339. The van der Waals surface area contributed by atoms with Crippen LogP contribution in [0.2, 0.25) is 0 Å². The lowest BCUT2D eigenvalue weighted by Crippen LogP contribution is -2.34. The summed E-state index contributed by atoms with van der Waals surface area (Å²) in [5.74, 6) is -0.111. The average Bonchev–Trinajstić information content (AvgIpc) is 2.58. The maximum Gasteiger partial charge on any atom is 0.345 e. The molecule has 2 aromatic rings. The molecule has 1 aliphatic heterocycles. The zero-order valence-corrected chi connectivity index (χ0v) is 13.7. The van der Waals surface area contributed by atoms with Gasteiger partial charge >= 0.3 is 5.97 Å². The van der Waals surface area contributed by atoms with Gasteiger partial charge in [0.25, 0.3) is 5.56 Å². The first kappa shape index (κ1) is 16.0. The molecule has 1 aliphatic rings. The fraction of sp³-hybridized carbons (Fsp3) is 0.278. The molecule has 0 bridgehead atoms. The SMILES string of the molecule is CCOC(=O)c1cnc2n(c1=O)C(C)CC=C2Nc1ccccc1. The number of nitrogens with zero attached hydrogens (tertiary/aromatic N) is 2. The molecule has 1 N–H and O–H groups in total. The van der Waals surface area contributed by atoms with Crippen LogP contribution in [0.25, 0.3) is 5.70 Å². The normalized spacial score (nSPS) is 16.1. The quantitative estimate of drug-likeness (QED) is 0.875. The van der Waals surface area contributed by atoms with Gasteiger partial charge in [0.05, 0.1) is 12.3 Å². The van der Waals surface area contributed by atoms with Crippen molar-refractivity contribution in [2.24, 2.45) is 0 Å². The van der Waals surface area contributed by atoms with E-state index in [2.05, 4.69) is 10.3 Å². The van der Waals surface area contributed by atoms with Gasteiger partial charge < -0.3 is 10.1 Å². The van der Waals surface area contributed by atoms with Gasteiger partial charge in [-0.15, -0.1) is 0 Å². The van der Waals surface area contributed by atoms with Crippen LogP contribution in [0.4, 0.5) is 5.69 Å². The Hall–Kier alpha value is -2.89. The van der Waals surface area contributed by atoms with Gasteiger partial charge in [0.15, 0.2) is 5.82 Å². The molecule has 6 nitrogen and oxygen atoms in total. The van der Waals surface area contributed by atoms with Gasteiger partial charge in [-0.3, -0.25) is 9.36 Å². The molecule has 0 radical (unpaired) electrons. The molecule has 1 aromatic heterocycles. The smallest absolute Gasteiger partial charge is 0.345 e. The number of carbonyl (C=O) groups is 1. The minimum atomic E-state index is -0.635. The topological polar surface area (TPSA) is 73.2 Å². The monoisotopic (exact) mass is 325 g/mol. The van der Waals surface area contributed by atoms with E-state index in [0.29, 0.717) is 12.2 Å². The van der Waals surface area contributed by atoms with Gasteiger partial charge in [-0.05, 0) is 32.4 Å². The summed E-state index contributed by atoms with van der Waals surface area (Å²) < 4.78 is 6.49. The molecule has 0 saturated heterocycles. The van der Waals surface area contributed by atoms with Gasteiger partial charge in [-0.25, -0.2) is 9.78 Å². The van der Waals surface area contributed by atoms with Crippen molar-refractivity contribution in [3.63, 3.8) is 0 Å². The largest absolute Gasteiger partial charge is 0.462 e. The van der Waals surface area contributed by atoms with Gasteiger partial charge in [-0.1, -0.05) is 24.3 Å². The summed E-state index contributed by atoms with van der Waals surface area (Å²) in [4.78, 5) is 29.0. The van der Waals surface area contributed by atoms with Gasteiger partial charge in [-0.2, -0.15) is 0 Å². The second kappa shape index (κ2) is 6.70. The summed E-state index contributed by atoms with van der Waals surface area (Å²) in [6, 6.07) is 9.60. The number of hydrogen-bond acceptors (Lipinski definition) is 5. The predicted molar refractivity (Wildman–Crippen MR) is 91.8 cm³/mol. The molecule has 24 heavy (non-hydrogen) atoms. The van der Waals surface area contributed by atoms with Crippen molar-refractivity contribution in [3.8, 4) is 0 Å². The Morgan fingerprint density at radius 3 is 2.83 bits per heavy atom. The van der Waals surface area contributed by atoms with Crippen LogP contribution in [0.5, 0.6) is 0 Å². The highest BCUT2D eigenvalue weighted by atomic mass is 16.5. The van der Waals surface area contributed by atoms with E-state index in [1.54, 1.807) is 11.5 Å². The molecule has 0 aliphatic carbocycles. The number of esters is 1. The first-order chi connectivity index (χ1) is 11.6. The van der Waals surface area contributed by atoms with E-state index in [1.165, 1.54) is 6.20 Å². The van der Waals surface area contributed by atoms with Crippen LogP contribution in [-0.4, -0.2) is 22.1 Å². The van der Waals surface area contributed by atoms with Crippen molar-refractivity contribution in [3.05, 3.63) is 64.3 Å². The number of anilines is 1. The third kappa shape index (κ3) is 2.95. The Morgan fingerprint density at radius 1 is 1.38 bits per heavy atom. The van der Waals surface area contributed by atoms with E-state index in [0.717, 1.165) is 11.4 Å². The van der Waals surface area contributed by atoms with Crippen molar-refractivity contribution in [2.75, 3.05) is 11.9 Å². The van der Waals surface area contributed by atoms with E-state index < -0.39 is 5.97 Å². The zero-order valence-electron chi connectivity index (χ0n) is 13.7. The van der Waals surface area contributed by atoms with E-state index in [9.17, 15) is 9.59 Å². The second-order valence-corrected chi connectivity index (χ2v) is 5.58. The van der Waals surface area contributed by atoms with Gasteiger partial charge in [0, 0.05) is 17.9 Å². The number of nitrogens with one attached hydrogen (secondary N) is 1. The van der Waals surface area contributed by atoms with Crippen molar-refractivity contribution in [1.82, 2.24) is 9.55 Å². The number of ether oxygens (including phenoxy) is 1. The predicted octanol–water partition coefficient (Wildman–Crippen LogP) is 2.84. The number of carbonyl (C=O) groups excluding carboxylic acids is 1. The van der Waals surface area contributed by atoms with Crippen LogP contribution in [0.1, 0.15) is 42.5 Å². The molecule has 3 rings (SSSR count). The van der Waals surface area contributed by atoms with Crippen molar-refractivity contribution in [2.45, 2.75) is 26.3 Å². The molecule has 0 saturated carbocycles. The van der Waals surface area contributed by atoms with E-state index in [-0.39, 0.29) is 23.8 Å². The molecule has 124 valence electrons. The highest BCUT2D eigenvalue weighted by molar-refractivity contribution is 5.89. The molecular formula is C18H19N3O3. The summed E-state index contributed by atoms with van der Waals surface area (Å²) in [7, 11) is 0. The summed E-state index contributed by atoms with van der Waals surface area (Å²) in [6.07, 6.45) is 3.99. The number of para-hydroxylation sites is 1. The molecular weight excluding hydrogens is 306 g/mol.